The van der Waals surface area contributed by atoms with Crippen LogP contribution >= 0.6 is 0 Å². The van der Waals surface area contributed by atoms with Crippen LogP contribution in [0.1, 0.15) is 47.7 Å². The Morgan fingerprint density at radius 2 is 2.05 bits per heavy atom. The van der Waals surface area contributed by atoms with Crippen LogP contribution < -0.4 is 0 Å². The van der Waals surface area contributed by atoms with Gasteiger partial charge in [-0.25, -0.2) is 4.79 Å². The van der Waals surface area contributed by atoms with Crippen molar-refractivity contribution in [2.24, 2.45) is 0 Å². The van der Waals surface area contributed by atoms with Crippen LogP contribution in [0.4, 0.5) is 0 Å². The van der Waals surface area contributed by atoms with E-state index in [1.807, 2.05) is 6.07 Å². The largest absolute Gasteiger partial charge is 0.478 e. The number of carboxylic acid groups (broad SMARTS) is 1. The van der Waals surface area contributed by atoms with Crippen molar-refractivity contribution < 1.29 is 9.90 Å². The second-order valence-corrected chi connectivity index (χ2v) is 5.08. The number of benzene rings is 1. The molecule has 0 saturated heterocycles. The molecule has 0 spiro atoms. The predicted octanol–water partition coefficient (Wildman–Crippen LogP) is 3.43. The molecular weight excluding hydrogens is 240 g/mol. The number of aromatic carboxylic acids is 1. The second kappa shape index (κ2) is 4.88. The number of nitrogens with one attached hydrogen (secondary N) is 1. The summed E-state index contributed by atoms with van der Waals surface area (Å²) in [6.45, 7) is 0. The molecule has 1 aromatic heterocycles. The average molecular weight is 256 g/mol. The van der Waals surface area contributed by atoms with Crippen molar-refractivity contribution in [3.05, 3.63) is 41.6 Å². The summed E-state index contributed by atoms with van der Waals surface area (Å²) in [5.41, 5.74) is 3.14. The van der Waals surface area contributed by atoms with Gasteiger partial charge in [-0.3, -0.25) is 5.10 Å². The first-order chi connectivity index (χ1) is 9.24. The number of rotatable bonds is 3. The molecular formula is C15H16N2O2. The van der Waals surface area contributed by atoms with E-state index in [2.05, 4.69) is 16.3 Å². The normalized spacial score (nSPS) is 15.8. The molecule has 1 fully saturated rings. The zero-order valence-electron chi connectivity index (χ0n) is 10.6. The third-order valence-electron chi connectivity index (χ3n) is 3.80. The number of hydrogen-bond acceptors (Lipinski definition) is 2. The lowest BCUT2D eigenvalue weighted by Gasteiger charge is -2.03. The van der Waals surface area contributed by atoms with Crippen LogP contribution in [0.5, 0.6) is 0 Å². The summed E-state index contributed by atoms with van der Waals surface area (Å²) in [5.74, 6) is -0.322. The molecule has 0 radical (unpaired) electrons. The van der Waals surface area contributed by atoms with E-state index in [-0.39, 0.29) is 0 Å². The Morgan fingerprint density at radius 3 is 2.79 bits per heavy atom. The molecule has 19 heavy (non-hydrogen) atoms. The lowest BCUT2D eigenvalue weighted by molar-refractivity contribution is 0.0697. The Hall–Kier alpha value is -2.10. The Balaban J connectivity index is 1.89. The first kappa shape index (κ1) is 12.0. The van der Waals surface area contributed by atoms with Crippen LogP contribution in [0.15, 0.2) is 30.3 Å². The van der Waals surface area contributed by atoms with Gasteiger partial charge in [0.2, 0.25) is 0 Å². The van der Waals surface area contributed by atoms with Crippen LogP contribution in [-0.2, 0) is 0 Å². The molecule has 1 aliphatic rings. The molecule has 0 unspecified atom stereocenters. The maximum atomic E-state index is 11.0. The molecule has 1 aliphatic carbocycles. The lowest BCUT2D eigenvalue weighted by Crippen LogP contribution is -1.95. The fourth-order valence-corrected chi connectivity index (χ4v) is 2.74. The van der Waals surface area contributed by atoms with Crippen molar-refractivity contribution in [3.8, 4) is 11.3 Å². The fourth-order valence-electron chi connectivity index (χ4n) is 2.74. The van der Waals surface area contributed by atoms with Crippen LogP contribution in [0.3, 0.4) is 0 Å². The van der Waals surface area contributed by atoms with Gasteiger partial charge < -0.3 is 5.11 Å². The number of H-pyrrole nitrogens is 1. The summed E-state index contributed by atoms with van der Waals surface area (Å²) in [4.78, 5) is 11.0. The maximum absolute atomic E-state index is 11.0. The highest BCUT2D eigenvalue weighted by Crippen LogP contribution is 2.34. The average Bonchev–Trinajstić information content (AvgIpc) is 3.09. The SMILES string of the molecule is O=C(O)c1cccc(-c2cc(C3CCCC3)[nH]n2)c1. The van der Waals surface area contributed by atoms with E-state index in [4.69, 9.17) is 5.11 Å². The molecule has 2 N–H and O–H groups in total. The minimum atomic E-state index is -0.909. The van der Waals surface area contributed by atoms with E-state index < -0.39 is 5.97 Å². The predicted molar refractivity (Wildman–Crippen MR) is 72.2 cm³/mol. The Labute approximate surface area is 111 Å². The van der Waals surface area contributed by atoms with E-state index in [0.29, 0.717) is 11.5 Å². The molecule has 4 nitrogen and oxygen atoms in total. The lowest BCUT2D eigenvalue weighted by atomic mass is 10.0. The summed E-state index contributed by atoms with van der Waals surface area (Å²) < 4.78 is 0. The smallest absolute Gasteiger partial charge is 0.335 e. The van der Waals surface area contributed by atoms with Crippen molar-refractivity contribution in [1.29, 1.82) is 0 Å². The number of aromatic nitrogens is 2. The van der Waals surface area contributed by atoms with Crippen molar-refractivity contribution in [3.63, 3.8) is 0 Å². The van der Waals surface area contributed by atoms with E-state index in [1.165, 1.54) is 31.4 Å². The zero-order valence-corrected chi connectivity index (χ0v) is 10.6. The Morgan fingerprint density at radius 1 is 1.26 bits per heavy atom. The monoisotopic (exact) mass is 256 g/mol. The summed E-state index contributed by atoms with van der Waals surface area (Å²) >= 11 is 0. The number of hydrogen-bond donors (Lipinski definition) is 2. The van der Waals surface area contributed by atoms with E-state index in [0.717, 1.165) is 11.3 Å². The highest BCUT2D eigenvalue weighted by molar-refractivity contribution is 5.89. The molecule has 1 heterocycles. The van der Waals surface area contributed by atoms with Crippen molar-refractivity contribution in [1.82, 2.24) is 10.2 Å². The number of nitrogens with zero attached hydrogens (tertiary/aromatic N) is 1. The van der Waals surface area contributed by atoms with E-state index in [1.54, 1.807) is 18.2 Å². The Kier molecular flexibility index (Phi) is 3.07. The third kappa shape index (κ3) is 2.38. The van der Waals surface area contributed by atoms with Crippen molar-refractivity contribution >= 4 is 5.97 Å². The minimum Gasteiger partial charge on any atom is -0.478 e. The van der Waals surface area contributed by atoms with Gasteiger partial charge >= 0.3 is 5.97 Å². The van der Waals surface area contributed by atoms with E-state index >= 15 is 0 Å². The van der Waals surface area contributed by atoms with Gasteiger partial charge in [-0.2, -0.15) is 5.10 Å². The fraction of sp³-hybridized carbons (Fsp3) is 0.333. The maximum Gasteiger partial charge on any atom is 0.335 e. The summed E-state index contributed by atoms with van der Waals surface area (Å²) in [7, 11) is 0. The molecule has 0 aliphatic heterocycles. The van der Waals surface area contributed by atoms with Gasteiger partial charge in [0, 0.05) is 17.2 Å². The number of aromatic amines is 1. The third-order valence-corrected chi connectivity index (χ3v) is 3.80. The topological polar surface area (TPSA) is 66.0 Å². The van der Waals surface area contributed by atoms with Gasteiger partial charge in [-0.05, 0) is 31.0 Å². The van der Waals surface area contributed by atoms with Crippen LogP contribution in [0.25, 0.3) is 11.3 Å². The van der Waals surface area contributed by atoms with Gasteiger partial charge in [-0.15, -0.1) is 0 Å². The summed E-state index contributed by atoms with van der Waals surface area (Å²) in [6, 6.07) is 8.95. The summed E-state index contributed by atoms with van der Waals surface area (Å²) in [6.07, 6.45) is 5.01. The van der Waals surface area contributed by atoms with Gasteiger partial charge in [0.1, 0.15) is 0 Å². The molecule has 1 aromatic carbocycles. The molecule has 0 atom stereocenters. The molecule has 3 rings (SSSR count). The molecule has 4 heteroatoms. The number of carbonyl (C=O) groups is 1. The molecule has 0 amide bonds. The van der Waals surface area contributed by atoms with Crippen LogP contribution in [0.2, 0.25) is 0 Å². The van der Waals surface area contributed by atoms with Crippen LogP contribution in [-0.4, -0.2) is 21.3 Å². The van der Waals surface area contributed by atoms with Crippen LogP contribution in [0, 0.1) is 0 Å². The molecule has 2 aromatic rings. The highest BCUT2D eigenvalue weighted by Gasteiger charge is 2.19. The Bertz CT molecular complexity index is 598. The highest BCUT2D eigenvalue weighted by atomic mass is 16.4. The summed E-state index contributed by atoms with van der Waals surface area (Å²) in [5, 5.41) is 16.4. The minimum absolute atomic E-state index is 0.294. The van der Waals surface area contributed by atoms with E-state index in [9.17, 15) is 4.79 Å². The second-order valence-electron chi connectivity index (χ2n) is 5.08. The van der Waals surface area contributed by atoms with Gasteiger partial charge in [0.15, 0.2) is 0 Å². The van der Waals surface area contributed by atoms with Crippen molar-refractivity contribution in [2.45, 2.75) is 31.6 Å². The first-order valence-corrected chi connectivity index (χ1v) is 6.63. The molecule has 98 valence electrons. The standard InChI is InChI=1S/C15H16N2O2/c18-15(19)12-7-3-6-11(8-12)14-9-13(16-17-14)10-4-1-2-5-10/h3,6-10H,1-2,4-5H2,(H,16,17)(H,18,19). The first-order valence-electron chi connectivity index (χ1n) is 6.63. The van der Waals surface area contributed by atoms with Crippen molar-refractivity contribution in [2.75, 3.05) is 0 Å². The zero-order chi connectivity index (χ0) is 13.2. The molecule has 0 bridgehead atoms. The van der Waals surface area contributed by atoms with Gasteiger partial charge in [0.25, 0.3) is 0 Å². The van der Waals surface area contributed by atoms with Gasteiger partial charge in [0.05, 0.1) is 11.3 Å². The quantitative estimate of drug-likeness (QED) is 0.884. The molecule has 1 saturated carbocycles. The number of carboxylic acids is 1. The van der Waals surface area contributed by atoms with Gasteiger partial charge in [-0.1, -0.05) is 25.0 Å².